The Balaban J connectivity index is 2.46. The number of carbonyl (C=O) groups excluding carboxylic acids is 1. The SMILES string of the molecule is CCC(CC)C(O)CNC(=O)c1cn[nH]c1C. The molecule has 3 N–H and O–H groups in total. The van der Waals surface area contributed by atoms with Crippen LogP contribution in [0.3, 0.4) is 0 Å². The summed E-state index contributed by atoms with van der Waals surface area (Å²) >= 11 is 0. The second kappa shape index (κ2) is 6.39. The second-order valence-corrected chi connectivity index (χ2v) is 4.26. The number of carbonyl (C=O) groups is 1. The molecule has 0 aliphatic rings. The van der Waals surface area contributed by atoms with Crippen LogP contribution in [0.15, 0.2) is 6.20 Å². The van der Waals surface area contributed by atoms with Gasteiger partial charge in [0.15, 0.2) is 0 Å². The molecule has 0 saturated heterocycles. The maximum absolute atomic E-state index is 11.7. The minimum absolute atomic E-state index is 0.193. The number of H-pyrrole nitrogens is 1. The third-order valence-electron chi connectivity index (χ3n) is 3.14. The fraction of sp³-hybridized carbons (Fsp3) is 0.667. The maximum atomic E-state index is 11.7. The van der Waals surface area contributed by atoms with Gasteiger partial charge in [0.1, 0.15) is 0 Å². The number of aromatic amines is 1. The number of aliphatic hydroxyl groups is 1. The van der Waals surface area contributed by atoms with E-state index in [1.54, 1.807) is 6.92 Å². The van der Waals surface area contributed by atoms with Crippen molar-refractivity contribution in [2.24, 2.45) is 5.92 Å². The highest BCUT2D eigenvalue weighted by molar-refractivity contribution is 5.94. The Morgan fingerprint density at radius 2 is 2.18 bits per heavy atom. The van der Waals surface area contributed by atoms with Crippen LogP contribution in [0.2, 0.25) is 0 Å². The molecule has 1 aromatic rings. The Kier molecular flexibility index (Phi) is 5.15. The predicted molar refractivity (Wildman–Crippen MR) is 65.7 cm³/mol. The number of nitrogens with zero attached hydrogens (tertiary/aromatic N) is 1. The van der Waals surface area contributed by atoms with Crippen LogP contribution in [0.4, 0.5) is 0 Å². The van der Waals surface area contributed by atoms with E-state index in [0.717, 1.165) is 18.5 Å². The zero-order valence-electron chi connectivity index (χ0n) is 10.7. The standard InChI is InChI=1S/C12H21N3O2/c1-4-9(5-2)11(16)7-13-12(17)10-6-14-15-8(10)3/h6,9,11,16H,4-5,7H2,1-3H3,(H,13,17)(H,14,15). The van der Waals surface area contributed by atoms with Crippen molar-refractivity contribution >= 4 is 5.91 Å². The third-order valence-corrected chi connectivity index (χ3v) is 3.14. The summed E-state index contributed by atoms with van der Waals surface area (Å²) in [5.41, 5.74) is 1.27. The first-order valence-electron chi connectivity index (χ1n) is 6.06. The molecule has 0 bridgehead atoms. The zero-order chi connectivity index (χ0) is 12.8. The van der Waals surface area contributed by atoms with Gasteiger partial charge in [0.05, 0.1) is 17.9 Å². The van der Waals surface area contributed by atoms with Crippen molar-refractivity contribution in [2.75, 3.05) is 6.54 Å². The summed E-state index contributed by atoms with van der Waals surface area (Å²) in [6, 6.07) is 0. The van der Waals surface area contributed by atoms with Gasteiger partial charge in [-0.3, -0.25) is 9.89 Å². The van der Waals surface area contributed by atoms with Gasteiger partial charge in [-0.2, -0.15) is 5.10 Å². The minimum Gasteiger partial charge on any atom is -0.391 e. The number of amides is 1. The van der Waals surface area contributed by atoms with Crippen LogP contribution in [-0.4, -0.2) is 33.9 Å². The summed E-state index contributed by atoms with van der Waals surface area (Å²) in [5, 5.41) is 19.1. The molecule has 0 aliphatic carbocycles. The van der Waals surface area contributed by atoms with E-state index < -0.39 is 6.10 Å². The van der Waals surface area contributed by atoms with Crippen LogP contribution in [0.1, 0.15) is 42.7 Å². The van der Waals surface area contributed by atoms with Gasteiger partial charge in [-0.25, -0.2) is 0 Å². The largest absolute Gasteiger partial charge is 0.391 e. The summed E-state index contributed by atoms with van der Waals surface area (Å²) in [4.78, 5) is 11.7. The van der Waals surface area contributed by atoms with Gasteiger partial charge >= 0.3 is 0 Å². The van der Waals surface area contributed by atoms with Crippen molar-refractivity contribution in [1.29, 1.82) is 0 Å². The molecule has 0 radical (unpaired) electrons. The van der Waals surface area contributed by atoms with Gasteiger partial charge in [-0.1, -0.05) is 26.7 Å². The predicted octanol–water partition coefficient (Wildman–Crippen LogP) is 1.25. The molecule has 5 nitrogen and oxygen atoms in total. The fourth-order valence-corrected chi connectivity index (χ4v) is 1.87. The average molecular weight is 239 g/mol. The van der Waals surface area contributed by atoms with Crippen LogP contribution in [-0.2, 0) is 0 Å². The van der Waals surface area contributed by atoms with Crippen LogP contribution >= 0.6 is 0 Å². The lowest BCUT2D eigenvalue weighted by atomic mass is 9.96. The molecular formula is C12H21N3O2. The molecule has 17 heavy (non-hydrogen) atoms. The van der Waals surface area contributed by atoms with Crippen LogP contribution in [0.5, 0.6) is 0 Å². The zero-order valence-corrected chi connectivity index (χ0v) is 10.7. The number of hydrogen-bond acceptors (Lipinski definition) is 3. The second-order valence-electron chi connectivity index (χ2n) is 4.26. The normalized spacial score (nSPS) is 12.8. The first-order chi connectivity index (χ1) is 8.10. The Labute approximate surface area is 102 Å². The summed E-state index contributed by atoms with van der Waals surface area (Å²) in [6.07, 6.45) is 2.84. The number of aliphatic hydroxyl groups excluding tert-OH is 1. The molecule has 1 heterocycles. The monoisotopic (exact) mass is 239 g/mol. The number of rotatable bonds is 6. The molecule has 5 heteroatoms. The van der Waals surface area contributed by atoms with Crippen LogP contribution in [0, 0.1) is 12.8 Å². The molecule has 0 saturated carbocycles. The highest BCUT2D eigenvalue weighted by Crippen LogP contribution is 2.12. The van der Waals surface area contributed by atoms with Gasteiger partial charge in [-0.05, 0) is 12.8 Å². The molecule has 1 rings (SSSR count). The van der Waals surface area contributed by atoms with Gasteiger partial charge < -0.3 is 10.4 Å². The highest BCUT2D eigenvalue weighted by atomic mass is 16.3. The molecule has 0 spiro atoms. The van der Waals surface area contributed by atoms with Gasteiger partial charge in [0, 0.05) is 12.2 Å². The Bertz CT molecular complexity index is 358. The minimum atomic E-state index is -0.485. The molecular weight excluding hydrogens is 218 g/mol. The van der Waals surface area contributed by atoms with Crippen molar-refractivity contribution in [3.63, 3.8) is 0 Å². The summed E-state index contributed by atoms with van der Waals surface area (Å²) in [6.45, 7) is 6.16. The van der Waals surface area contributed by atoms with Gasteiger partial charge in [0.25, 0.3) is 5.91 Å². The Morgan fingerprint density at radius 1 is 1.53 bits per heavy atom. The lowest BCUT2D eigenvalue weighted by Crippen LogP contribution is -2.36. The first kappa shape index (κ1) is 13.7. The van der Waals surface area contributed by atoms with Crippen molar-refractivity contribution in [3.8, 4) is 0 Å². The Hall–Kier alpha value is -1.36. The fourth-order valence-electron chi connectivity index (χ4n) is 1.87. The first-order valence-corrected chi connectivity index (χ1v) is 6.06. The number of hydrogen-bond donors (Lipinski definition) is 3. The lowest BCUT2D eigenvalue weighted by molar-refractivity contribution is 0.0816. The molecule has 1 aromatic heterocycles. The molecule has 0 fully saturated rings. The quantitative estimate of drug-likeness (QED) is 0.699. The van der Waals surface area contributed by atoms with E-state index in [4.69, 9.17) is 0 Å². The molecule has 0 aliphatic heterocycles. The van der Waals surface area contributed by atoms with Crippen LogP contribution in [0.25, 0.3) is 0 Å². The number of nitrogens with one attached hydrogen (secondary N) is 2. The number of aryl methyl sites for hydroxylation is 1. The van der Waals surface area contributed by atoms with Gasteiger partial charge in [0.2, 0.25) is 0 Å². The van der Waals surface area contributed by atoms with Crippen molar-refractivity contribution in [3.05, 3.63) is 17.5 Å². The maximum Gasteiger partial charge on any atom is 0.254 e. The molecule has 1 atom stereocenters. The summed E-state index contributed by atoms with van der Waals surface area (Å²) < 4.78 is 0. The Morgan fingerprint density at radius 3 is 2.65 bits per heavy atom. The highest BCUT2D eigenvalue weighted by Gasteiger charge is 2.17. The third kappa shape index (κ3) is 3.56. The van der Waals surface area contributed by atoms with E-state index in [-0.39, 0.29) is 18.4 Å². The topological polar surface area (TPSA) is 78.0 Å². The van der Waals surface area contributed by atoms with E-state index in [9.17, 15) is 9.90 Å². The van der Waals surface area contributed by atoms with Crippen molar-refractivity contribution in [1.82, 2.24) is 15.5 Å². The van der Waals surface area contributed by atoms with E-state index in [0.29, 0.717) is 5.56 Å². The van der Waals surface area contributed by atoms with Crippen molar-refractivity contribution in [2.45, 2.75) is 39.7 Å². The van der Waals surface area contributed by atoms with E-state index in [1.165, 1.54) is 6.20 Å². The lowest BCUT2D eigenvalue weighted by Gasteiger charge is -2.20. The summed E-state index contributed by atoms with van der Waals surface area (Å²) in [5.74, 6) is 0.0435. The number of aromatic nitrogens is 2. The van der Waals surface area contributed by atoms with E-state index in [1.807, 2.05) is 13.8 Å². The average Bonchev–Trinajstić information content (AvgIpc) is 2.74. The van der Waals surface area contributed by atoms with Crippen LogP contribution < -0.4 is 5.32 Å². The van der Waals surface area contributed by atoms with Crippen molar-refractivity contribution < 1.29 is 9.90 Å². The molecule has 1 unspecified atom stereocenters. The van der Waals surface area contributed by atoms with E-state index in [2.05, 4.69) is 15.5 Å². The van der Waals surface area contributed by atoms with Gasteiger partial charge in [-0.15, -0.1) is 0 Å². The molecule has 0 aromatic carbocycles. The van der Waals surface area contributed by atoms with E-state index >= 15 is 0 Å². The summed E-state index contributed by atoms with van der Waals surface area (Å²) in [7, 11) is 0. The molecule has 96 valence electrons. The smallest absolute Gasteiger partial charge is 0.254 e. The molecule has 1 amide bonds.